The number of rotatable bonds is 1. The van der Waals surface area contributed by atoms with E-state index in [1.165, 1.54) is 4.90 Å². The molecule has 1 aromatic heterocycles. The van der Waals surface area contributed by atoms with E-state index >= 15 is 0 Å². The second-order valence-corrected chi connectivity index (χ2v) is 4.20. The largest absolute Gasteiger partial charge is 0.465 e. The minimum Gasteiger partial charge on any atom is -0.465 e. The van der Waals surface area contributed by atoms with E-state index in [1.807, 2.05) is 7.05 Å². The van der Waals surface area contributed by atoms with Crippen molar-refractivity contribution in [3.63, 3.8) is 0 Å². The van der Waals surface area contributed by atoms with Gasteiger partial charge >= 0.3 is 6.09 Å². The van der Waals surface area contributed by atoms with Gasteiger partial charge in [0.15, 0.2) is 5.82 Å². The molecule has 0 unspecified atom stereocenters. The Morgan fingerprint density at radius 3 is 2.60 bits per heavy atom. The SMILES string of the molecule is Cn1nnnc1[C@H]1[C@@H]2CN(C(=O)O)C[C@@H]21. The van der Waals surface area contributed by atoms with Crippen LogP contribution in [-0.2, 0) is 7.05 Å². The van der Waals surface area contributed by atoms with Crippen molar-refractivity contribution >= 4 is 6.09 Å². The van der Waals surface area contributed by atoms with Crippen LogP contribution in [0.4, 0.5) is 4.79 Å². The molecule has 1 amide bonds. The molecule has 0 spiro atoms. The molecule has 1 aliphatic heterocycles. The molecule has 1 aliphatic carbocycles. The van der Waals surface area contributed by atoms with Crippen LogP contribution in [0.1, 0.15) is 11.7 Å². The molecular formula is C8H11N5O2. The first-order chi connectivity index (χ1) is 7.18. The molecule has 1 saturated heterocycles. The minimum absolute atomic E-state index is 0.362. The fraction of sp³-hybridized carbons (Fsp3) is 0.750. The third kappa shape index (κ3) is 1.12. The van der Waals surface area contributed by atoms with Gasteiger partial charge in [-0.3, -0.25) is 0 Å². The van der Waals surface area contributed by atoms with Crippen molar-refractivity contribution < 1.29 is 9.90 Å². The number of hydrogen-bond donors (Lipinski definition) is 1. The topological polar surface area (TPSA) is 84.1 Å². The Morgan fingerprint density at radius 2 is 2.13 bits per heavy atom. The zero-order valence-electron chi connectivity index (χ0n) is 8.24. The first-order valence-electron chi connectivity index (χ1n) is 4.88. The Morgan fingerprint density at radius 1 is 1.47 bits per heavy atom. The van der Waals surface area contributed by atoms with Crippen molar-refractivity contribution in [2.75, 3.05) is 13.1 Å². The Hall–Kier alpha value is -1.66. The maximum atomic E-state index is 10.7. The lowest BCUT2D eigenvalue weighted by molar-refractivity contribution is 0.149. The number of hydrogen-bond acceptors (Lipinski definition) is 4. The van der Waals surface area contributed by atoms with Crippen molar-refractivity contribution in [1.82, 2.24) is 25.1 Å². The first-order valence-corrected chi connectivity index (χ1v) is 4.88. The quantitative estimate of drug-likeness (QED) is 0.676. The van der Waals surface area contributed by atoms with Crippen molar-refractivity contribution in [2.24, 2.45) is 18.9 Å². The summed E-state index contributed by atoms with van der Waals surface area (Å²) < 4.78 is 1.67. The molecular weight excluding hydrogens is 198 g/mol. The fourth-order valence-electron chi connectivity index (χ4n) is 2.58. The average molecular weight is 209 g/mol. The molecule has 0 aromatic carbocycles. The number of fused-ring (bicyclic) bond motifs is 1. The van der Waals surface area contributed by atoms with E-state index in [1.54, 1.807) is 4.68 Å². The lowest BCUT2D eigenvalue weighted by atomic mass is 10.2. The molecule has 80 valence electrons. The minimum atomic E-state index is -0.822. The van der Waals surface area contributed by atoms with Crippen LogP contribution in [0.25, 0.3) is 0 Å². The standard InChI is InChI=1S/C8H11N5O2/c1-12-7(9-10-11-12)6-4-2-13(8(14)15)3-5(4)6/h4-6H,2-3H2,1H3,(H,14,15)/t4-,5+,6+. The predicted molar refractivity (Wildman–Crippen MR) is 48.1 cm³/mol. The lowest BCUT2D eigenvalue weighted by Gasteiger charge is -2.14. The summed E-state index contributed by atoms with van der Waals surface area (Å²) in [6.45, 7) is 1.25. The van der Waals surface area contributed by atoms with Crippen LogP contribution in [0.5, 0.6) is 0 Å². The van der Waals surface area contributed by atoms with Gasteiger partial charge in [0.25, 0.3) is 0 Å². The molecule has 0 radical (unpaired) electrons. The van der Waals surface area contributed by atoms with Crippen molar-refractivity contribution in [3.05, 3.63) is 5.82 Å². The van der Waals surface area contributed by atoms with Gasteiger partial charge < -0.3 is 10.0 Å². The van der Waals surface area contributed by atoms with E-state index in [2.05, 4.69) is 15.5 Å². The Balaban J connectivity index is 1.73. The van der Waals surface area contributed by atoms with Crippen molar-refractivity contribution in [2.45, 2.75) is 5.92 Å². The van der Waals surface area contributed by atoms with E-state index in [0.29, 0.717) is 30.8 Å². The normalized spacial score (nSPS) is 32.9. The third-order valence-electron chi connectivity index (χ3n) is 3.42. The Kier molecular flexibility index (Phi) is 1.54. The van der Waals surface area contributed by atoms with E-state index in [0.717, 1.165) is 5.82 Å². The number of likely N-dealkylation sites (tertiary alicyclic amines) is 1. The molecule has 0 bridgehead atoms. The van der Waals surface area contributed by atoms with E-state index < -0.39 is 6.09 Å². The Labute approximate surface area is 85.7 Å². The zero-order valence-corrected chi connectivity index (χ0v) is 8.24. The maximum absolute atomic E-state index is 10.7. The van der Waals surface area contributed by atoms with Crippen LogP contribution in [0, 0.1) is 11.8 Å². The summed E-state index contributed by atoms with van der Waals surface area (Å²) in [5.74, 6) is 2.09. The fourth-order valence-corrected chi connectivity index (χ4v) is 2.58. The smallest absolute Gasteiger partial charge is 0.407 e. The van der Waals surface area contributed by atoms with Gasteiger partial charge in [-0.2, -0.15) is 0 Å². The van der Waals surface area contributed by atoms with Gasteiger partial charge in [0.05, 0.1) is 0 Å². The average Bonchev–Trinajstić information content (AvgIpc) is 2.63. The summed E-state index contributed by atoms with van der Waals surface area (Å²) in [4.78, 5) is 12.2. The van der Waals surface area contributed by atoms with Gasteiger partial charge in [-0.1, -0.05) is 0 Å². The number of piperidine rings is 1. The van der Waals surface area contributed by atoms with Gasteiger partial charge in [0, 0.05) is 26.1 Å². The first kappa shape index (κ1) is 8.63. The molecule has 7 heteroatoms. The number of carbonyl (C=O) groups is 1. The number of amides is 1. The maximum Gasteiger partial charge on any atom is 0.407 e. The lowest BCUT2D eigenvalue weighted by Crippen LogP contribution is -2.29. The molecule has 15 heavy (non-hydrogen) atoms. The number of tetrazole rings is 1. The van der Waals surface area contributed by atoms with Crippen LogP contribution in [0.15, 0.2) is 0 Å². The number of nitrogens with zero attached hydrogens (tertiary/aromatic N) is 5. The van der Waals surface area contributed by atoms with Crippen LogP contribution in [0.3, 0.4) is 0 Å². The molecule has 2 heterocycles. The summed E-state index contributed by atoms with van der Waals surface area (Å²) >= 11 is 0. The molecule has 3 rings (SSSR count). The third-order valence-corrected chi connectivity index (χ3v) is 3.42. The molecule has 1 aromatic rings. The summed E-state index contributed by atoms with van der Waals surface area (Å²) in [6, 6.07) is 0. The summed E-state index contributed by atoms with van der Waals surface area (Å²) in [7, 11) is 1.82. The number of carboxylic acid groups (broad SMARTS) is 1. The van der Waals surface area contributed by atoms with Crippen molar-refractivity contribution in [1.29, 1.82) is 0 Å². The zero-order chi connectivity index (χ0) is 10.6. The Bertz CT molecular complexity index is 405. The monoisotopic (exact) mass is 209 g/mol. The second kappa shape index (κ2) is 2.68. The summed E-state index contributed by atoms with van der Waals surface area (Å²) in [5.41, 5.74) is 0. The van der Waals surface area contributed by atoms with E-state index in [-0.39, 0.29) is 0 Å². The van der Waals surface area contributed by atoms with Crippen LogP contribution in [-0.4, -0.2) is 49.4 Å². The second-order valence-electron chi connectivity index (χ2n) is 4.20. The van der Waals surface area contributed by atoms with Crippen LogP contribution >= 0.6 is 0 Å². The molecule has 1 saturated carbocycles. The van der Waals surface area contributed by atoms with Gasteiger partial charge in [0.1, 0.15) is 0 Å². The van der Waals surface area contributed by atoms with Crippen molar-refractivity contribution in [3.8, 4) is 0 Å². The molecule has 2 fully saturated rings. The van der Waals surface area contributed by atoms with E-state index in [9.17, 15) is 4.79 Å². The van der Waals surface area contributed by atoms with E-state index in [4.69, 9.17) is 5.11 Å². The van der Waals surface area contributed by atoms with Gasteiger partial charge in [-0.25, -0.2) is 9.48 Å². The summed E-state index contributed by atoms with van der Waals surface area (Å²) in [5, 5.41) is 20.2. The highest BCUT2D eigenvalue weighted by atomic mass is 16.4. The molecule has 1 N–H and O–H groups in total. The predicted octanol–water partition coefficient (Wildman–Crippen LogP) is -0.467. The highest BCUT2D eigenvalue weighted by Gasteiger charge is 2.59. The van der Waals surface area contributed by atoms with Crippen LogP contribution in [0.2, 0.25) is 0 Å². The molecule has 2 aliphatic rings. The van der Waals surface area contributed by atoms with Gasteiger partial charge in [-0.15, -0.1) is 5.10 Å². The van der Waals surface area contributed by atoms with Gasteiger partial charge in [0.2, 0.25) is 0 Å². The summed E-state index contributed by atoms with van der Waals surface area (Å²) in [6.07, 6.45) is -0.822. The van der Waals surface area contributed by atoms with Gasteiger partial charge in [-0.05, 0) is 22.3 Å². The van der Waals surface area contributed by atoms with Crippen LogP contribution < -0.4 is 0 Å². The highest BCUT2D eigenvalue weighted by molar-refractivity contribution is 5.66. The number of aromatic nitrogens is 4. The highest BCUT2D eigenvalue weighted by Crippen LogP contribution is 2.57. The molecule has 7 nitrogen and oxygen atoms in total. The molecule has 3 atom stereocenters. The number of aryl methyl sites for hydroxylation is 1.